The second-order valence-electron chi connectivity index (χ2n) is 8.40. The second kappa shape index (κ2) is 7.37. The van der Waals surface area contributed by atoms with E-state index in [9.17, 15) is 4.79 Å². The van der Waals surface area contributed by atoms with Crippen molar-refractivity contribution >= 4 is 22.5 Å². The van der Waals surface area contributed by atoms with Gasteiger partial charge < -0.3 is 14.7 Å². The van der Waals surface area contributed by atoms with E-state index in [0.717, 1.165) is 76.2 Å². The van der Waals surface area contributed by atoms with E-state index < -0.39 is 0 Å². The van der Waals surface area contributed by atoms with Crippen molar-refractivity contribution in [1.29, 1.82) is 0 Å². The molecule has 6 rings (SSSR count). The zero-order chi connectivity index (χ0) is 19.1. The molecule has 5 heterocycles. The van der Waals surface area contributed by atoms with E-state index in [1.165, 1.54) is 12.1 Å². The maximum atomic E-state index is 13.3. The molecule has 4 aliphatic heterocycles. The van der Waals surface area contributed by atoms with Gasteiger partial charge in [-0.15, -0.1) is 0 Å². The van der Waals surface area contributed by atoms with Gasteiger partial charge in [-0.3, -0.25) is 14.8 Å². The second-order valence-corrected chi connectivity index (χ2v) is 8.40. The van der Waals surface area contributed by atoms with Crippen LogP contribution in [-0.4, -0.2) is 89.3 Å². The first-order chi connectivity index (χ1) is 13.7. The van der Waals surface area contributed by atoms with E-state index in [1.54, 1.807) is 0 Å². The average Bonchev–Trinajstić information content (AvgIpc) is 3.25. The third-order valence-corrected chi connectivity index (χ3v) is 6.63. The average molecular weight is 383 g/mol. The lowest BCUT2D eigenvalue weighted by Gasteiger charge is -2.31. The van der Waals surface area contributed by atoms with Gasteiger partial charge in [-0.05, 0) is 44.0 Å². The predicted octanol–water partition coefficient (Wildman–Crippen LogP) is 1.97. The summed E-state index contributed by atoms with van der Waals surface area (Å²) in [4.78, 5) is 22.7. The molecule has 0 atom stereocenters. The molecule has 4 fully saturated rings. The predicted molar refractivity (Wildman–Crippen MR) is 111 cm³/mol. The van der Waals surface area contributed by atoms with E-state index in [2.05, 4.69) is 54.9 Å². The van der Waals surface area contributed by atoms with E-state index in [4.69, 9.17) is 0 Å². The first-order valence-electron chi connectivity index (χ1n) is 10.7. The molecule has 2 aromatic rings. The number of hydrogen-bond donors (Lipinski definition) is 1. The summed E-state index contributed by atoms with van der Waals surface area (Å²) in [5.41, 5.74) is 2.74. The van der Waals surface area contributed by atoms with Gasteiger partial charge in [0, 0.05) is 56.4 Å². The highest BCUT2D eigenvalue weighted by Gasteiger charge is 2.33. The number of carbonyl (C=O) groups excluding carboxylic acids is 1. The number of rotatable bonds is 4. The van der Waals surface area contributed by atoms with Crippen LogP contribution in [-0.2, 0) is 0 Å². The smallest absolute Gasteiger partial charge is 0.275 e. The molecule has 1 amide bonds. The van der Waals surface area contributed by atoms with Gasteiger partial charge in [0.25, 0.3) is 5.91 Å². The molecular weight excluding hydrogens is 352 g/mol. The zero-order valence-corrected chi connectivity index (χ0v) is 16.7. The summed E-state index contributed by atoms with van der Waals surface area (Å²) < 4.78 is 0. The van der Waals surface area contributed by atoms with Crippen LogP contribution in [0.4, 0.5) is 5.69 Å². The number of anilines is 1. The van der Waals surface area contributed by atoms with Crippen LogP contribution in [0.1, 0.15) is 36.7 Å². The summed E-state index contributed by atoms with van der Waals surface area (Å²) in [6, 6.07) is 6.73. The number of aromatic amines is 1. The maximum Gasteiger partial charge on any atom is 0.275 e. The molecule has 28 heavy (non-hydrogen) atoms. The van der Waals surface area contributed by atoms with E-state index in [-0.39, 0.29) is 5.91 Å². The van der Waals surface area contributed by atoms with Gasteiger partial charge in [-0.1, -0.05) is 6.92 Å². The number of hydrogen-bond acceptors (Lipinski definition) is 5. The summed E-state index contributed by atoms with van der Waals surface area (Å²) in [6.07, 6.45) is 3.36. The third kappa shape index (κ3) is 3.16. The molecule has 0 unspecified atom stereocenters. The topological polar surface area (TPSA) is 58.7 Å². The number of nitrogens with zero attached hydrogens (tertiary/aromatic N) is 5. The Kier molecular flexibility index (Phi) is 4.72. The summed E-state index contributed by atoms with van der Waals surface area (Å²) in [6.45, 7) is 10.6. The lowest BCUT2D eigenvalue weighted by molar-refractivity contribution is 0.0681. The number of benzene rings is 1. The summed E-state index contributed by atoms with van der Waals surface area (Å²) in [5.74, 6) is 0.0862. The Morgan fingerprint density at radius 1 is 1.14 bits per heavy atom. The first-order valence-corrected chi connectivity index (χ1v) is 10.7. The van der Waals surface area contributed by atoms with Crippen molar-refractivity contribution in [3.05, 3.63) is 23.9 Å². The standard InChI is InChI=1S/C21H30N6O/c1-2-7-25-10-12-26(15-25)17-3-4-18-19(14-17)22-23-20(18)21(28)27-13-11-24-8-5-16(27)6-9-24/h3-4,14,16H,2,5-13,15H2,1H3,(H,22,23). The first kappa shape index (κ1) is 17.9. The Morgan fingerprint density at radius 3 is 2.82 bits per heavy atom. The van der Waals surface area contributed by atoms with Crippen molar-refractivity contribution in [1.82, 2.24) is 24.9 Å². The quantitative estimate of drug-likeness (QED) is 0.876. The Labute approximate surface area is 166 Å². The van der Waals surface area contributed by atoms with Crippen molar-refractivity contribution in [2.45, 2.75) is 32.2 Å². The van der Waals surface area contributed by atoms with Crippen molar-refractivity contribution in [2.24, 2.45) is 0 Å². The fraction of sp³-hybridized carbons (Fsp3) is 0.619. The molecule has 4 saturated heterocycles. The van der Waals surface area contributed by atoms with Crippen LogP contribution in [0.5, 0.6) is 0 Å². The number of nitrogens with one attached hydrogen (secondary N) is 1. The Hall–Kier alpha value is -2.12. The number of fused-ring (bicyclic) bond motifs is 5. The van der Waals surface area contributed by atoms with Crippen LogP contribution in [0.25, 0.3) is 10.9 Å². The highest BCUT2D eigenvalue weighted by atomic mass is 16.2. The molecule has 0 radical (unpaired) electrons. The molecule has 7 heteroatoms. The molecule has 150 valence electrons. The maximum absolute atomic E-state index is 13.3. The van der Waals surface area contributed by atoms with Crippen molar-refractivity contribution in [3.63, 3.8) is 0 Å². The molecule has 1 aromatic carbocycles. The lowest BCUT2D eigenvalue weighted by Crippen LogP contribution is -2.41. The summed E-state index contributed by atoms with van der Waals surface area (Å²) in [7, 11) is 0. The highest BCUT2D eigenvalue weighted by molar-refractivity contribution is 6.05. The molecule has 7 nitrogen and oxygen atoms in total. The van der Waals surface area contributed by atoms with Crippen LogP contribution in [0.2, 0.25) is 0 Å². The van der Waals surface area contributed by atoms with Gasteiger partial charge >= 0.3 is 0 Å². The largest absolute Gasteiger partial charge is 0.357 e. The van der Waals surface area contributed by atoms with Crippen LogP contribution >= 0.6 is 0 Å². The molecule has 0 spiro atoms. The third-order valence-electron chi connectivity index (χ3n) is 6.63. The van der Waals surface area contributed by atoms with Crippen LogP contribution in [0.15, 0.2) is 18.2 Å². The zero-order valence-electron chi connectivity index (χ0n) is 16.7. The number of aromatic nitrogens is 2. The monoisotopic (exact) mass is 382 g/mol. The summed E-state index contributed by atoms with van der Waals surface area (Å²) in [5, 5.41) is 8.50. The van der Waals surface area contributed by atoms with Crippen LogP contribution in [0.3, 0.4) is 0 Å². The number of amides is 1. The minimum atomic E-state index is 0.0862. The van der Waals surface area contributed by atoms with Crippen molar-refractivity contribution in [2.75, 3.05) is 57.4 Å². The number of piperidine rings is 1. The fourth-order valence-electron chi connectivity index (χ4n) is 5.01. The van der Waals surface area contributed by atoms with Crippen LogP contribution in [0, 0.1) is 0 Å². The Morgan fingerprint density at radius 2 is 2.00 bits per heavy atom. The lowest BCUT2D eigenvalue weighted by atomic mass is 10.0. The van der Waals surface area contributed by atoms with Crippen LogP contribution < -0.4 is 4.90 Å². The SMILES string of the molecule is CCCN1CCN(c2ccc3c(C(=O)N4CCN5CCC4CC5)n[nH]c3c2)C1. The molecule has 1 aromatic heterocycles. The molecular formula is C21H30N6O. The van der Waals surface area contributed by atoms with Gasteiger partial charge in [0.15, 0.2) is 5.69 Å². The normalized spacial score (nSPS) is 25.6. The molecule has 1 N–H and O–H groups in total. The van der Waals surface area contributed by atoms with Gasteiger partial charge in [0.1, 0.15) is 0 Å². The molecule has 0 saturated carbocycles. The molecule has 0 aliphatic carbocycles. The Balaban J connectivity index is 1.37. The van der Waals surface area contributed by atoms with Gasteiger partial charge in [-0.25, -0.2) is 0 Å². The number of H-pyrrole nitrogens is 1. The van der Waals surface area contributed by atoms with Gasteiger partial charge in [0.2, 0.25) is 0 Å². The van der Waals surface area contributed by atoms with E-state index in [0.29, 0.717) is 11.7 Å². The van der Waals surface area contributed by atoms with Gasteiger partial charge in [0.05, 0.1) is 12.2 Å². The van der Waals surface area contributed by atoms with Crippen molar-refractivity contribution < 1.29 is 4.79 Å². The van der Waals surface area contributed by atoms with Crippen molar-refractivity contribution in [3.8, 4) is 0 Å². The minimum absolute atomic E-state index is 0.0862. The van der Waals surface area contributed by atoms with E-state index in [1.807, 2.05) is 0 Å². The van der Waals surface area contributed by atoms with E-state index >= 15 is 0 Å². The summed E-state index contributed by atoms with van der Waals surface area (Å²) >= 11 is 0. The minimum Gasteiger partial charge on any atom is -0.357 e. The molecule has 4 aliphatic rings. The highest BCUT2D eigenvalue weighted by Crippen LogP contribution is 2.28. The Bertz CT molecular complexity index is 856. The fourth-order valence-corrected chi connectivity index (χ4v) is 5.01. The number of carbonyl (C=O) groups is 1. The van der Waals surface area contributed by atoms with Gasteiger partial charge in [-0.2, -0.15) is 5.10 Å². The molecule has 2 bridgehead atoms.